The minimum atomic E-state index is 0.468. The average Bonchev–Trinajstić information content (AvgIpc) is 2.06. The van der Waals surface area contributed by atoms with Gasteiger partial charge < -0.3 is 0 Å². The zero-order chi connectivity index (χ0) is 9.42. The topological polar surface area (TPSA) is 12.9 Å². The van der Waals surface area contributed by atoms with E-state index in [4.69, 9.17) is 23.2 Å². The number of nitrogens with zero attached hydrogens (tertiary/aromatic N) is 1. The van der Waals surface area contributed by atoms with E-state index in [1.54, 1.807) is 6.07 Å². The fourth-order valence-corrected chi connectivity index (χ4v) is 2.38. The second-order valence-corrected chi connectivity index (χ2v) is 4.63. The summed E-state index contributed by atoms with van der Waals surface area (Å²) in [5.41, 5.74) is 0.759. The van der Waals surface area contributed by atoms with Gasteiger partial charge in [-0.05, 0) is 46.9 Å². The van der Waals surface area contributed by atoms with Crippen LogP contribution in [0.3, 0.4) is 0 Å². The Balaban J connectivity index is 2.87. The molecule has 0 aliphatic heterocycles. The van der Waals surface area contributed by atoms with Crippen LogP contribution in [0.1, 0.15) is 0 Å². The molecule has 13 heavy (non-hydrogen) atoms. The largest absolute Gasteiger partial charge is 0.235 e. The van der Waals surface area contributed by atoms with E-state index in [1.165, 1.54) is 0 Å². The average molecular weight is 324 g/mol. The van der Waals surface area contributed by atoms with Gasteiger partial charge in [-0.15, -0.1) is 0 Å². The summed E-state index contributed by atoms with van der Waals surface area (Å²) in [6, 6.07) is 7.56. The molecule has 1 aromatic heterocycles. The molecule has 0 atom stereocenters. The van der Waals surface area contributed by atoms with Gasteiger partial charge in [-0.1, -0.05) is 23.2 Å². The van der Waals surface area contributed by atoms with Crippen molar-refractivity contribution in [2.24, 2.45) is 0 Å². The summed E-state index contributed by atoms with van der Waals surface area (Å²) in [6.45, 7) is 0. The lowest BCUT2D eigenvalue weighted by Gasteiger charge is -2.00. The minimum absolute atomic E-state index is 0.468. The van der Waals surface area contributed by atoms with Crippen LogP contribution in [0.15, 0.2) is 24.3 Å². The van der Waals surface area contributed by atoms with E-state index in [0.29, 0.717) is 10.2 Å². The Morgan fingerprint density at radius 1 is 1.15 bits per heavy atom. The second-order valence-electron chi connectivity index (χ2n) is 2.59. The smallest absolute Gasteiger partial charge is 0.129 e. The normalized spacial score (nSPS) is 10.7. The van der Waals surface area contributed by atoms with Crippen LogP contribution in [0, 0.1) is 3.57 Å². The zero-order valence-corrected chi connectivity index (χ0v) is 10.1. The van der Waals surface area contributed by atoms with Gasteiger partial charge in [-0.3, -0.25) is 0 Å². The molecule has 1 nitrogen and oxygen atoms in total. The van der Waals surface area contributed by atoms with Gasteiger partial charge in [0.15, 0.2) is 0 Å². The maximum Gasteiger partial charge on any atom is 0.129 e. The van der Waals surface area contributed by atoms with Crippen LogP contribution < -0.4 is 0 Å². The summed E-state index contributed by atoms with van der Waals surface area (Å²) in [5, 5.41) is 2.13. The lowest BCUT2D eigenvalue weighted by molar-refractivity contribution is 1.41. The lowest BCUT2D eigenvalue weighted by Crippen LogP contribution is -1.82. The van der Waals surface area contributed by atoms with Gasteiger partial charge in [-0.25, -0.2) is 4.98 Å². The highest BCUT2D eigenvalue weighted by molar-refractivity contribution is 14.1. The molecule has 0 unspecified atom stereocenters. The van der Waals surface area contributed by atoms with Crippen molar-refractivity contribution in [2.45, 2.75) is 0 Å². The Hall–Kier alpha value is -0.0600. The van der Waals surface area contributed by atoms with E-state index < -0.39 is 0 Å². The summed E-state index contributed by atoms with van der Waals surface area (Å²) in [6.07, 6.45) is 0. The minimum Gasteiger partial charge on any atom is -0.235 e. The van der Waals surface area contributed by atoms with Crippen LogP contribution in [0.4, 0.5) is 0 Å². The molecule has 0 aliphatic rings. The Labute approximate surface area is 99.2 Å². The molecular weight excluding hydrogens is 320 g/mol. The maximum absolute atomic E-state index is 6.01. The van der Waals surface area contributed by atoms with Crippen molar-refractivity contribution >= 4 is 56.7 Å². The molecule has 2 aromatic rings. The standard InChI is InChI=1S/C9H4Cl2IN/c10-7-4-6(12)3-5-1-2-8(11)13-9(5)7/h1-4H. The lowest BCUT2D eigenvalue weighted by atomic mass is 10.2. The molecule has 66 valence electrons. The maximum atomic E-state index is 6.01. The number of aromatic nitrogens is 1. The van der Waals surface area contributed by atoms with Crippen molar-refractivity contribution in [1.29, 1.82) is 0 Å². The van der Waals surface area contributed by atoms with Crippen LogP contribution in [0.25, 0.3) is 10.9 Å². The second kappa shape index (κ2) is 3.59. The van der Waals surface area contributed by atoms with E-state index in [-0.39, 0.29) is 0 Å². The van der Waals surface area contributed by atoms with Crippen LogP contribution >= 0.6 is 45.8 Å². The van der Waals surface area contributed by atoms with E-state index in [1.807, 2.05) is 18.2 Å². The third-order valence-corrected chi connectivity index (χ3v) is 2.80. The molecule has 0 aliphatic carbocycles. The van der Waals surface area contributed by atoms with Crippen molar-refractivity contribution in [2.75, 3.05) is 0 Å². The number of fused-ring (bicyclic) bond motifs is 1. The highest BCUT2D eigenvalue weighted by atomic mass is 127. The first kappa shape index (κ1) is 9.49. The van der Waals surface area contributed by atoms with Crippen LogP contribution in [0.2, 0.25) is 10.2 Å². The quantitative estimate of drug-likeness (QED) is 0.524. The predicted molar refractivity (Wildman–Crippen MR) is 64.5 cm³/mol. The molecule has 0 fully saturated rings. The molecule has 0 saturated heterocycles. The summed E-state index contributed by atoms with van der Waals surface area (Å²) >= 11 is 14.0. The highest BCUT2D eigenvalue weighted by Gasteiger charge is 2.02. The molecule has 0 spiro atoms. The summed E-state index contributed by atoms with van der Waals surface area (Å²) in [5.74, 6) is 0. The summed E-state index contributed by atoms with van der Waals surface area (Å²) in [4.78, 5) is 4.15. The molecule has 0 N–H and O–H groups in total. The number of rotatable bonds is 0. The van der Waals surface area contributed by atoms with Gasteiger partial charge in [0.05, 0.1) is 10.5 Å². The van der Waals surface area contributed by atoms with Gasteiger partial charge in [0.25, 0.3) is 0 Å². The Morgan fingerprint density at radius 2 is 1.92 bits per heavy atom. The Bertz CT molecular complexity index is 470. The highest BCUT2D eigenvalue weighted by Crippen LogP contribution is 2.25. The zero-order valence-electron chi connectivity index (χ0n) is 6.39. The van der Waals surface area contributed by atoms with E-state index in [0.717, 1.165) is 14.5 Å². The van der Waals surface area contributed by atoms with Crippen molar-refractivity contribution in [3.63, 3.8) is 0 Å². The SMILES string of the molecule is Clc1ccc2cc(I)cc(Cl)c2n1. The first-order valence-corrected chi connectivity index (χ1v) is 5.41. The predicted octanol–water partition coefficient (Wildman–Crippen LogP) is 4.15. The fraction of sp³-hybridized carbons (Fsp3) is 0. The Morgan fingerprint density at radius 3 is 2.69 bits per heavy atom. The van der Waals surface area contributed by atoms with E-state index >= 15 is 0 Å². The van der Waals surface area contributed by atoms with Crippen LogP contribution in [-0.2, 0) is 0 Å². The monoisotopic (exact) mass is 323 g/mol. The molecule has 1 aromatic carbocycles. The van der Waals surface area contributed by atoms with E-state index in [9.17, 15) is 0 Å². The molecule has 0 amide bonds. The van der Waals surface area contributed by atoms with Gasteiger partial charge in [0, 0.05) is 8.96 Å². The number of hydrogen-bond donors (Lipinski definition) is 0. The molecule has 0 saturated carbocycles. The summed E-state index contributed by atoms with van der Waals surface area (Å²) < 4.78 is 1.10. The van der Waals surface area contributed by atoms with Crippen LogP contribution in [-0.4, -0.2) is 4.98 Å². The number of pyridine rings is 1. The van der Waals surface area contributed by atoms with Gasteiger partial charge in [-0.2, -0.15) is 0 Å². The molecule has 0 bridgehead atoms. The van der Waals surface area contributed by atoms with Crippen molar-refractivity contribution < 1.29 is 0 Å². The van der Waals surface area contributed by atoms with Crippen molar-refractivity contribution in [3.8, 4) is 0 Å². The number of hydrogen-bond acceptors (Lipinski definition) is 1. The van der Waals surface area contributed by atoms with Gasteiger partial charge >= 0.3 is 0 Å². The third kappa shape index (κ3) is 1.90. The fourth-order valence-electron chi connectivity index (χ4n) is 1.13. The van der Waals surface area contributed by atoms with Crippen molar-refractivity contribution in [3.05, 3.63) is 38.0 Å². The first-order valence-electron chi connectivity index (χ1n) is 3.58. The molecule has 2 rings (SSSR count). The third-order valence-electron chi connectivity index (χ3n) is 1.68. The molecule has 0 radical (unpaired) electrons. The van der Waals surface area contributed by atoms with Crippen LogP contribution in [0.5, 0.6) is 0 Å². The molecule has 4 heteroatoms. The Kier molecular flexibility index (Phi) is 2.62. The van der Waals surface area contributed by atoms with Gasteiger partial charge in [0.1, 0.15) is 5.15 Å². The summed E-state index contributed by atoms with van der Waals surface area (Å²) in [7, 11) is 0. The van der Waals surface area contributed by atoms with Gasteiger partial charge in [0.2, 0.25) is 0 Å². The first-order chi connectivity index (χ1) is 6.16. The van der Waals surface area contributed by atoms with E-state index in [2.05, 4.69) is 27.6 Å². The molecular formula is C9H4Cl2IN. The molecule has 1 heterocycles. The van der Waals surface area contributed by atoms with Crippen molar-refractivity contribution in [1.82, 2.24) is 4.98 Å². The number of benzene rings is 1. The number of halogens is 3.